The molecule has 1 atom stereocenters. The number of nitrogens with one attached hydrogen (secondary N) is 1. The van der Waals surface area contributed by atoms with Crippen LogP contribution in [0.3, 0.4) is 0 Å². The predicted molar refractivity (Wildman–Crippen MR) is 105 cm³/mol. The van der Waals surface area contributed by atoms with Gasteiger partial charge >= 0.3 is 0 Å². The summed E-state index contributed by atoms with van der Waals surface area (Å²) in [5.74, 6) is 2.32. The highest BCUT2D eigenvalue weighted by atomic mass is 16.6. The second-order valence-electron chi connectivity index (χ2n) is 7.20. The lowest BCUT2D eigenvalue weighted by Gasteiger charge is -2.25. The summed E-state index contributed by atoms with van der Waals surface area (Å²) in [7, 11) is 0. The first-order valence-corrected chi connectivity index (χ1v) is 9.33. The summed E-state index contributed by atoms with van der Waals surface area (Å²) in [6.07, 6.45) is 0. The van der Waals surface area contributed by atoms with E-state index in [2.05, 4.69) is 19.2 Å². The Balaban J connectivity index is 1.68. The van der Waals surface area contributed by atoms with E-state index in [-0.39, 0.29) is 24.5 Å². The number of aryl methyl sites for hydroxylation is 2. The van der Waals surface area contributed by atoms with E-state index >= 15 is 0 Å². The molecule has 1 amide bonds. The van der Waals surface area contributed by atoms with Gasteiger partial charge in [0.25, 0.3) is 5.91 Å². The molecule has 1 heterocycles. The van der Waals surface area contributed by atoms with Gasteiger partial charge in [-0.25, -0.2) is 0 Å². The number of para-hydroxylation sites is 1. The van der Waals surface area contributed by atoms with Crippen molar-refractivity contribution in [3.8, 4) is 17.2 Å². The maximum absolute atomic E-state index is 12.5. The Bertz CT molecular complexity index is 796. The van der Waals surface area contributed by atoms with Gasteiger partial charge in [-0.3, -0.25) is 4.79 Å². The fraction of sp³-hybridized carbons (Fsp3) is 0.409. The summed E-state index contributed by atoms with van der Waals surface area (Å²) >= 11 is 0. The Labute approximate surface area is 160 Å². The smallest absolute Gasteiger partial charge is 0.258 e. The van der Waals surface area contributed by atoms with Gasteiger partial charge in [-0.1, -0.05) is 38.1 Å². The van der Waals surface area contributed by atoms with Gasteiger partial charge in [0.15, 0.2) is 18.1 Å². The zero-order valence-corrected chi connectivity index (χ0v) is 16.4. The Morgan fingerprint density at radius 1 is 1.07 bits per heavy atom. The number of ether oxygens (including phenoxy) is 3. The molecule has 5 heteroatoms. The molecule has 0 radical (unpaired) electrons. The Kier molecular flexibility index (Phi) is 5.89. The van der Waals surface area contributed by atoms with E-state index in [0.717, 1.165) is 33.9 Å². The largest absolute Gasteiger partial charge is 0.486 e. The topological polar surface area (TPSA) is 56.8 Å². The molecule has 0 aliphatic carbocycles. The van der Waals surface area contributed by atoms with Crippen molar-refractivity contribution in [2.75, 3.05) is 19.8 Å². The molecule has 0 unspecified atom stereocenters. The van der Waals surface area contributed by atoms with Crippen LogP contribution in [0.2, 0.25) is 0 Å². The van der Waals surface area contributed by atoms with Crippen molar-refractivity contribution >= 4 is 5.91 Å². The van der Waals surface area contributed by atoms with Crippen molar-refractivity contribution in [1.29, 1.82) is 0 Å². The van der Waals surface area contributed by atoms with Crippen LogP contribution < -0.4 is 19.5 Å². The third-order valence-electron chi connectivity index (χ3n) is 4.66. The minimum atomic E-state index is -0.147. The molecule has 2 aromatic carbocycles. The van der Waals surface area contributed by atoms with Crippen molar-refractivity contribution in [3.05, 3.63) is 53.1 Å². The standard InChI is InChI=1S/C22H27NO4/c1-14(2)21(17-8-9-18-19(12-17)26-11-10-25-18)23-20(24)13-27-22-15(3)6-5-7-16(22)4/h5-9,12,14,21H,10-11,13H2,1-4H3,(H,23,24)/t21-/m0/s1. The van der Waals surface area contributed by atoms with Gasteiger partial charge in [0.05, 0.1) is 6.04 Å². The first-order chi connectivity index (χ1) is 13.0. The molecule has 27 heavy (non-hydrogen) atoms. The van der Waals surface area contributed by atoms with E-state index in [1.54, 1.807) is 0 Å². The number of carbonyl (C=O) groups is 1. The molecule has 5 nitrogen and oxygen atoms in total. The molecule has 0 saturated heterocycles. The SMILES string of the molecule is Cc1cccc(C)c1OCC(=O)N[C@H](c1ccc2c(c1)OCCO2)C(C)C. The van der Waals surface area contributed by atoms with Gasteiger partial charge in [-0.15, -0.1) is 0 Å². The van der Waals surface area contributed by atoms with E-state index in [4.69, 9.17) is 14.2 Å². The molecular weight excluding hydrogens is 342 g/mol. The fourth-order valence-corrected chi connectivity index (χ4v) is 3.27. The molecule has 144 valence electrons. The van der Waals surface area contributed by atoms with E-state index in [0.29, 0.717) is 13.2 Å². The van der Waals surface area contributed by atoms with Gasteiger partial charge in [-0.2, -0.15) is 0 Å². The second-order valence-corrected chi connectivity index (χ2v) is 7.20. The second kappa shape index (κ2) is 8.33. The lowest BCUT2D eigenvalue weighted by Crippen LogP contribution is -2.35. The van der Waals surface area contributed by atoms with Crippen LogP contribution in [0.4, 0.5) is 0 Å². The first kappa shape index (κ1) is 19.1. The highest BCUT2D eigenvalue weighted by Crippen LogP contribution is 2.34. The summed E-state index contributed by atoms with van der Waals surface area (Å²) in [6.45, 7) is 9.20. The van der Waals surface area contributed by atoms with Crippen LogP contribution in [0, 0.1) is 19.8 Å². The number of hydrogen-bond donors (Lipinski definition) is 1. The summed E-state index contributed by atoms with van der Waals surface area (Å²) < 4.78 is 17.0. The van der Waals surface area contributed by atoms with Crippen LogP contribution in [-0.4, -0.2) is 25.7 Å². The minimum absolute atomic E-state index is 0.0144. The monoisotopic (exact) mass is 369 g/mol. The van der Waals surface area contributed by atoms with E-state index in [1.165, 1.54) is 0 Å². The zero-order valence-electron chi connectivity index (χ0n) is 16.4. The maximum atomic E-state index is 12.5. The molecule has 0 aromatic heterocycles. The molecule has 1 N–H and O–H groups in total. The number of carbonyl (C=O) groups excluding carboxylic acids is 1. The average molecular weight is 369 g/mol. The van der Waals surface area contributed by atoms with Crippen LogP contribution >= 0.6 is 0 Å². The molecule has 2 aromatic rings. The zero-order chi connectivity index (χ0) is 19.4. The number of fused-ring (bicyclic) bond motifs is 1. The van der Waals surface area contributed by atoms with Crippen molar-refractivity contribution in [2.45, 2.75) is 33.7 Å². The van der Waals surface area contributed by atoms with Crippen LogP contribution in [0.15, 0.2) is 36.4 Å². The van der Waals surface area contributed by atoms with E-state index in [9.17, 15) is 4.79 Å². The third kappa shape index (κ3) is 4.54. The van der Waals surface area contributed by atoms with Gasteiger partial charge in [-0.05, 0) is 48.6 Å². The number of benzene rings is 2. The molecular formula is C22H27NO4. The van der Waals surface area contributed by atoms with Crippen molar-refractivity contribution in [3.63, 3.8) is 0 Å². The molecule has 1 aliphatic rings. The fourth-order valence-electron chi connectivity index (χ4n) is 3.27. The van der Waals surface area contributed by atoms with Crippen LogP contribution in [0.25, 0.3) is 0 Å². The molecule has 3 rings (SSSR count). The van der Waals surface area contributed by atoms with Crippen molar-refractivity contribution in [1.82, 2.24) is 5.32 Å². The number of amides is 1. The van der Waals surface area contributed by atoms with Gasteiger partial charge < -0.3 is 19.5 Å². The summed E-state index contributed by atoms with van der Waals surface area (Å²) in [5, 5.41) is 3.09. The minimum Gasteiger partial charge on any atom is -0.486 e. The number of hydrogen-bond acceptors (Lipinski definition) is 4. The Morgan fingerprint density at radius 2 is 1.74 bits per heavy atom. The van der Waals surface area contributed by atoms with E-state index in [1.807, 2.05) is 50.2 Å². The first-order valence-electron chi connectivity index (χ1n) is 9.33. The highest BCUT2D eigenvalue weighted by Gasteiger charge is 2.22. The van der Waals surface area contributed by atoms with E-state index < -0.39 is 0 Å². The van der Waals surface area contributed by atoms with Gasteiger partial charge in [0.2, 0.25) is 0 Å². The van der Waals surface area contributed by atoms with Gasteiger partial charge in [0, 0.05) is 0 Å². The predicted octanol–water partition coefficient (Wildman–Crippen LogP) is 3.97. The van der Waals surface area contributed by atoms with Crippen molar-refractivity contribution in [2.24, 2.45) is 5.92 Å². The molecule has 0 spiro atoms. The quantitative estimate of drug-likeness (QED) is 0.837. The summed E-state index contributed by atoms with van der Waals surface area (Å²) in [6, 6.07) is 11.6. The number of rotatable bonds is 6. The van der Waals surface area contributed by atoms with Crippen LogP contribution in [0.1, 0.15) is 36.6 Å². The normalized spacial score (nSPS) is 14.0. The third-order valence-corrected chi connectivity index (χ3v) is 4.66. The summed E-state index contributed by atoms with van der Waals surface area (Å²) in [5.41, 5.74) is 3.04. The average Bonchev–Trinajstić information content (AvgIpc) is 2.65. The lowest BCUT2D eigenvalue weighted by molar-refractivity contribution is -0.124. The lowest BCUT2D eigenvalue weighted by atomic mass is 9.95. The van der Waals surface area contributed by atoms with Gasteiger partial charge in [0.1, 0.15) is 19.0 Å². The van der Waals surface area contributed by atoms with Crippen LogP contribution in [0.5, 0.6) is 17.2 Å². The Hall–Kier alpha value is -2.69. The Morgan fingerprint density at radius 3 is 2.41 bits per heavy atom. The van der Waals surface area contributed by atoms with Crippen LogP contribution in [-0.2, 0) is 4.79 Å². The molecule has 1 aliphatic heterocycles. The molecule has 0 saturated carbocycles. The maximum Gasteiger partial charge on any atom is 0.258 e. The molecule has 0 bridgehead atoms. The highest BCUT2D eigenvalue weighted by molar-refractivity contribution is 5.78. The summed E-state index contributed by atoms with van der Waals surface area (Å²) in [4.78, 5) is 12.5. The van der Waals surface area contributed by atoms with Crippen molar-refractivity contribution < 1.29 is 19.0 Å². The molecule has 0 fully saturated rings.